The van der Waals surface area contributed by atoms with Crippen LogP contribution in [0.3, 0.4) is 0 Å². The van der Waals surface area contributed by atoms with Crippen LogP contribution in [0, 0.1) is 5.82 Å². The lowest BCUT2D eigenvalue weighted by Gasteiger charge is -2.28. The van der Waals surface area contributed by atoms with E-state index in [2.05, 4.69) is 22.9 Å². The van der Waals surface area contributed by atoms with Gasteiger partial charge in [-0.1, -0.05) is 54.1 Å². The summed E-state index contributed by atoms with van der Waals surface area (Å²) in [6.07, 6.45) is 2.48. The first-order chi connectivity index (χ1) is 16.6. The monoisotopic (exact) mass is 476 g/mol. The summed E-state index contributed by atoms with van der Waals surface area (Å²) in [4.78, 5) is 15.2. The summed E-state index contributed by atoms with van der Waals surface area (Å²) in [7, 11) is 0. The molecule has 0 spiro atoms. The van der Waals surface area contributed by atoms with Crippen molar-refractivity contribution in [3.05, 3.63) is 107 Å². The molecule has 0 saturated carbocycles. The van der Waals surface area contributed by atoms with Gasteiger partial charge in [-0.3, -0.25) is 4.79 Å². The van der Waals surface area contributed by atoms with Crippen LogP contribution in [0.25, 0.3) is 10.9 Å². The number of nitrogens with zero attached hydrogens (tertiary/aromatic N) is 2. The van der Waals surface area contributed by atoms with Gasteiger partial charge in [-0.2, -0.15) is 0 Å². The van der Waals surface area contributed by atoms with Crippen LogP contribution in [-0.2, 0) is 16.1 Å². The number of morpholine rings is 1. The predicted octanol–water partition coefficient (Wildman–Crippen LogP) is 5.86. The molecule has 1 saturated heterocycles. The molecule has 1 aliphatic heterocycles. The minimum atomic E-state index is -0.246. The Morgan fingerprint density at radius 1 is 1.00 bits per heavy atom. The first-order valence-corrected chi connectivity index (χ1v) is 11.9. The number of amides is 1. The molecule has 4 nitrogen and oxygen atoms in total. The molecule has 0 aliphatic carbocycles. The van der Waals surface area contributed by atoms with Crippen molar-refractivity contribution in [2.75, 3.05) is 26.3 Å². The van der Waals surface area contributed by atoms with Crippen LogP contribution in [0.2, 0.25) is 5.02 Å². The minimum absolute atomic E-state index is 0.114. The number of ether oxygens (including phenoxy) is 1. The van der Waals surface area contributed by atoms with E-state index in [1.165, 1.54) is 12.1 Å². The lowest BCUT2D eigenvalue weighted by molar-refractivity contribution is -0.135. The Kier molecular flexibility index (Phi) is 6.66. The van der Waals surface area contributed by atoms with Gasteiger partial charge in [-0.05, 0) is 47.0 Å². The first-order valence-electron chi connectivity index (χ1n) is 11.5. The van der Waals surface area contributed by atoms with E-state index in [9.17, 15) is 9.18 Å². The van der Waals surface area contributed by atoms with Crippen molar-refractivity contribution in [3.63, 3.8) is 0 Å². The number of para-hydroxylation sites is 1. The van der Waals surface area contributed by atoms with Gasteiger partial charge in [0.15, 0.2) is 0 Å². The normalized spacial score (nSPS) is 14.9. The van der Waals surface area contributed by atoms with Gasteiger partial charge in [-0.15, -0.1) is 0 Å². The van der Waals surface area contributed by atoms with Gasteiger partial charge < -0.3 is 14.2 Å². The highest BCUT2D eigenvalue weighted by Gasteiger charge is 2.26. The first kappa shape index (κ1) is 22.6. The van der Waals surface area contributed by atoms with E-state index in [0.717, 1.165) is 27.6 Å². The Bertz CT molecular complexity index is 1300. The third-order valence-electron chi connectivity index (χ3n) is 6.45. The average molecular weight is 477 g/mol. The largest absolute Gasteiger partial charge is 0.378 e. The molecular weight excluding hydrogens is 451 g/mol. The predicted molar refractivity (Wildman–Crippen MR) is 133 cm³/mol. The Balaban J connectivity index is 1.56. The number of hydrogen-bond acceptors (Lipinski definition) is 2. The number of aromatic nitrogens is 1. The molecule has 1 aliphatic rings. The Morgan fingerprint density at radius 3 is 2.53 bits per heavy atom. The van der Waals surface area contributed by atoms with Gasteiger partial charge >= 0.3 is 0 Å². The van der Waals surface area contributed by atoms with Crippen molar-refractivity contribution in [1.82, 2.24) is 9.47 Å². The van der Waals surface area contributed by atoms with Crippen LogP contribution in [0.15, 0.2) is 79.0 Å². The lowest BCUT2D eigenvalue weighted by atomic mass is 9.87. The average Bonchev–Trinajstić information content (AvgIpc) is 3.22. The number of hydrogen-bond donors (Lipinski definition) is 0. The van der Waals surface area contributed by atoms with Gasteiger partial charge in [0.05, 0.1) is 13.2 Å². The maximum Gasteiger partial charge on any atom is 0.223 e. The van der Waals surface area contributed by atoms with Crippen LogP contribution in [0.4, 0.5) is 4.39 Å². The second-order valence-electron chi connectivity index (χ2n) is 8.66. The molecule has 0 radical (unpaired) electrons. The smallest absolute Gasteiger partial charge is 0.223 e. The molecule has 34 heavy (non-hydrogen) atoms. The number of benzene rings is 3. The highest BCUT2D eigenvalue weighted by Crippen LogP contribution is 2.36. The Morgan fingerprint density at radius 2 is 1.76 bits per heavy atom. The number of halogens is 2. The number of rotatable bonds is 6. The van der Waals surface area contributed by atoms with Gasteiger partial charge in [0.2, 0.25) is 5.91 Å². The van der Waals surface area contributed by atoms with Crippen LogP contribution >= 0.6 is 11.6 Å². The maximum absolute atomic E-state index is 13.4. The van der Waals surface area contributed by atoms with E-state index < -0.39 is 0 Å². The topological polar surface area (TPSA) is 34.5 Å². The molecule has 2 heterocycles. The van der Waals surface area contributed by atoms with E-state index in [0.29, 0.717) is 44.3 Å². The summed E-state index contributed by atoms with van der Waals surface area (Å²) >= 11 is 6.36. The fourth-order valence-electron chi connectivity index (χ4n) is 4.72. The van der Waals surface area contributed by atoms with E-state index in [1.54, 1.807) is 12.1 Å². The van der Waals surface area contributed by atoms with Gasteiger partial charge in [0, 0.05) is 54.1 Å². The third kappa shape index (κ3) is 4.86. The molecule has 1 amide bonds. The zero-order valence-corrected chi connectivity index (χ0v) is 19.5. The van der Waals surface area contributed by atoms with E-state index in [-0.39, 0.29) is 17.6 Å². The van der Waals surface area contributed by atoms with E-state index in [4.69, 9.17) is 16.3 Å². The zero-order chi connectivity index (χ0) is 23.5. The highest BCUT2D eigenvalue weighted by molar-refractivity contribution is 6.30. The van der Waals surface area contributed by atoms with Gasteiger partial charge in [-0.25, -0.2) is 4.39 Å². The molecule has 4 aromatic rings. The molecule has 0 N–H and O–H groups in total. The minimum Gasteiger partial charge on any atom is -0.378 e. The summed E-state index contributed by atoms with van der Waals surface area (Å²) in [5, 5.41) is 1.75. The quantitative estimate of drug-likeness (QED) is 0.349. The standard InChI is InChI=1S/C28H26ClFN2O2/c29-22-5-3-4-21(16-22)25(17-28(33)31-12-14-34-15-13-31)26-19-32(27-7-2-1-6-24(26)27)18-20-8-10-23(30)11-9-20/h1-11,16,19,25H,12-15,17-18H2. The molecule has 0 bridgehead atoms. The Labute approximate surface area is 203 Å². The van der Waals surface area contributed by atoms with Crippen LogP contribution in [0.1, 0.15) is 29.0 Å². The van der Waals surface area contributed by atoms with Crippen molar-refractivity contribution in [3.8, 4) is 0 Å². The second-order valence-corrected chi connectivity index (χ2v) is 9.10. The number of carbonyl (C=O) groups is 1. The molecule has 1 fully saturated rings. The SMILES string of the molecule is O=C(CC(c1cccc(Cl)c1)c1cn(Cc2ccc(F)cc2)c2ccccc12)N1CCOCC1. The summed E-state index contributed by atoms with van der Waals surface area (Å²) in [6, 6.07) is 22.6. The molecular formula is C28H26ClFN2O2. The Hall–Kier alpha value is -3.15. The summed E-state index contributed by atoms with van der Waals surface area (Å²) in [6.45, 7) is 3.00. The fourth-order valence-corrected chi connectivity index (χ4v) is 4.92. The molecule has 1 atom stereocenters. The maximum atomic E-state index is 13.4. The zero-order valence-electron chi connectivity index (χ0n) is 18.8. The van der Waals surface area contributed by atoms with Crippen molar-refractivity contribution >= 4 is 28.4 Å². The molecule has 5 rings (SSSR count). The van der Waals surface area contributed by atoms with Crippen LogP contribution < -0.4 is 0 Å². The summed E-state index contributed by atoms with van der Waals surface area (Å²) in [5.74, 6) is -0.276. The number of carbonyl (C=O) groups excluding carboxylic acids is 1. The fraction of sp³-hybridized carbons (Fsp3) is 0.250. The van der Waals surface area contributed by atoms with Crippen molar-refractivity contribution in [2.24, 2.45) is 0 Å². The molecule has 1 aromatic heterocycles. The van der Waals surface area contributed by atoms with E-state index in [1.807, 2.05) is 41.3 Å². The van der Waals surface area contributed by atoms with Crippen LogP contribution in [-0.4, -0.2) is 41.7 Å². The van der Waals surface area contributed by atoms with Crippen molar-refractivity contribution in [1.29, 1.82) is 0 Å². The molecule has 6 heteroatoms. The highest BCUT2D eigenvalue weighted by atomic mass is 35.5. The van der Waals surface area contributed by atoms with Crippen molar-refractivity contribution < 1.29 is 13.9 Å². The lowest BCUT2D eigenvalue weighted by Crippen LogP contribution is -2.41. The molecule has 3 aromatic carbocycles. The molecule has 174 valence electrons. The molecule has 1 unspecified atom stereocenters. The van der Waals surface area contributed by atoms with Gasteiger partial charge in [0.25, 0.3) is 0 Å². The second kappa shape index (κ2) is 10.00. The summed E-state index contributed by atoms with van der Waals surface area (Å²) < 4.78 is 21.0. The third-order valence-corrected chi connectivity index (χ3v) is 6.69. The van der Waals surface area contributed by atoms with Gasteiger partial charge in [0.1, 0.15) is 5.82 Å². The van der Waals surface area contributed by atoms with Crippen molar-refractivity contribution in [2.45, 2.75) is 18.9 Å². The summed E-state index contributed by atoms with van der Waals surface area (Å²) in [5.41, 5.74) is 4.19. The number of fused-ring (bicyclic) bond motifs is 1. The van der Waals surface area contributed by atoms with Crippen LogP contribution in [0.5, 0.6) is 0 Å². The van der Waals surface area contributed by atoms with E-state index >= 15 is 0 Å².